The average molecular weight is 418 g/mol. The fraction of sp³-hybridized carbons (Fsp3) is 0.571. The third-order valence-electron chi connectivity index (χ3n) is 5.40. The number of carbonyl (C=O) groups is 2. The Hall–Kier alpha value is -2.19. The summed E-state index contributed by atoms with van der Waals surface area (Å²) in [6.07, 6.45) is 3.86. The van der Waals surface area contributed by atoms with Crippen molar-refractivity contribution in [2.45, 2.75) is 58.7 Å². The van der Waals surface area contributed by atoms with Gasteiger partial charge >= 0.3 is 12.0 Å². The minimum Gasteiger partial charge on any atom is -0.462 e. The van der Waals surface area contributed by atoms with Crippen molar-refractivity contribution >= 4 is 39.2 Å². The zero-order valence-corrected chi connectivity index (χ0v) is 18.0. The van der Waals surface area contributed by atoms with Gasteiger partial charge in [-0.25, -0.2) is 14.6 Å². The van der Waals surface area contributed by atoms with Gasteiger partial charge in [0.1, 0.15) is 9.71 Å². The highest BCUT2D eigenvalue weighted by atomic mass is 32.1. The predicted octanol–water partition coefficient (Wildman–Crippen LogP) is 4.34. The number of esters is 1. The molecule has 2 amide bonds. The molecule has 0 unspecified atom stereocenters. The molecule has 1 saturated heterocycles. The van der Waals surface area contributed by atoms with Crippen LogP contribution in [-0.2, 0) is 22.5 Å². The Bertz CT molecular complexity index is 947. The van der Waals surface area contributed by atoms with Crippen molar-refractivity contribution in [3.63, 3.8) is 0 Å². The van der Waals surface area contributed by atoms with E-state index in [1.54, 1.807) is 11.8 Å². The highest BCUT2D eigenvalue weighted by Crippen LogP contribution is 2.39. The lowest BCUT2D eigenvalue weighted by Crippen LogP contribution is -2.38. The molecule has 0 aromatic carbocycles. The van der Waals surface area contributed by atoms with E-state index in [-0.39, 0.29) is 18.2 Å². The number of ether oxygens (including phenoxy) is 2. The summed E-state index contributed by atoms with van der Waals surface area (Å²) in [6, 6.07) is 1.82. The van der Waals surface area contributed by atoms with Crippen molar-refractivity contribution < 1.29 is 19.1 Å². The van der Waals surface area contributed by atoms with Gasteiger partial charge in [-0.3, -0.25) is 0 Å². The lowest BCUT2D eigenvalue weighted by Gasteiger charge is -2.31. The predicted molar refractivity (Wildman–Crippen MR) is 113 cm³/mol. The molecule has 2 aliphatic rings. The number of aromatic nitrogens is 1. The number of piperidine rings is 1. The second-order valence-corrected chi connectivity index (χ2v) is 9.18. The minimum absolute atomic E-state index is 0.176. The van der Waals surface area contributed by atoms with Crippen LogP contribution in [0.4, 0.5) is 10.5 Å². The Morgan fingerprint density at radius 2 is 2.07 bits per heavy atom. The standard InChI is InChI=1S/C21H27N3O4S/c1-4-27-19(25)17-16(23-20(26)24-8-6-5-7-9-24)14-10-13-12-28-21(2,3)11-15(13)22-18(14)29-17/h10H,4-9,11-12H2,1-3H3,(H,23,26). The highest BCUT2D eigenvalue weighted by molar-refractivity contribution is 7.21. The van der Waals surface area contributed by atoms with E-state index in [0.29, 0.717) is 23.6 Å². The van der Waals surface area contributed by atoms with Gasteiger partial charge in [-0.05, 0) is 46.1 Å². The van der Waals surface area contributed by atoms with Crippen LogP contribution in [-0.4, -0.2) is 47.2 Å². The second-order valence-electron chi connectivity index (χ2n) is 8.18. The van der Waals surface area contributed by atoms with Gasteiger partial charge in [-0.1, -0.05) is 0 Å². The Kier molecular flexibility index (Phi) is 5.48. The first-order valence-corrected chi connectivity index (χ1v) is 11.0. The molecule has 2 aliphatic heterocycles. The van der Waals surface area contributed by atoms with E-state index in [2.05, 4.69) is 5.32 Å². The first-order valence-electron chi connectivity index (χ1n) is 10.2. The molecule has 0 aliphatic carbocycles. The molecular formula is C21H27N3O4S. The number of urea groups is 1. The molecule has 0 spiro atoms. The van der Waals surface area contributed by atoms with E-state index in [0.717, 1.165) is 53.8 Å². The first-order chi connectivity index (χ1) is 13.9. The fourth-order valence-corrected chi connectivity index (χ4v) is 4.88. The normalized spacial score (nSPS) is 18.4. The molecule has 0 bridgehead atoms. The molecule has 0 saturated carbocycles. The van der Waals surface area contributed by atoms with Crippen LogP contribution in [0.15, 0.2) is 6.07 Å². The number of carbonyl (C=O) groups excluding carboxylic acids is 2. The van der Waals surface area contributed by atoms with Gasteiger partial charge in [0, 0.05) is 30.5 Å². The summed E-state index contributed by atoms with van der Waals surface area (Å²) in [7, 11) is 0. The minimum atomic E-state index is -0.431. The summed E-state index contributed by atoms with van der Waals surface area (Å²) in [5, 5.41) is 3.75. The van der Waals surface area contributed by atoms with Crippen molar-refractivity contribution in [2.75, 3.05) is 25.0 Å². The molecule has 7 nitrogen and oxygen atoms in total. The Labute approximate surface area is 174 Å². The van der Waals surface area contributed by atoms with Crippen LogP contribution in [0.25, 0.3) is 10.2 Å². The molecular weight excluding hydrogens is 390 g/mol. The van der Waals surface area contributed by atoms with Crippen LogP contribution < -0.4 is 5.32 Å². The van der Waals surface area contributed by atoms with Gasteiger partial charge in [0.15, 0.2) is 0 Å². The van der Waals surface area contributed by atoms with E-state index in [1.807, 2.05) is 19.9 Å². The number of nitrogens with zero attached hydrogens (tertiary/aromatic N) is 2. The van der Waals surface area contributed by atoms with E-state index in [9.17, 15) is 9.59 Å². The summed E-state index contributed by atoms with van der Waals surface area (Å²) >= 11 is 1.27. The number of hydrogen-bond donors (Lipinski definition) is 1. The quantitative estimate of drug-likeness (QED) is 0.752. The Morgan fingerprint density at radius 1 is 1.31 bits per heavy atom. The lowest BCUT2D eigenvalue weighted by atomic mass is 9.95. The zero-order chi connectivity index (χ0) is 20.6. The van der Waals surface area contributed by atoms with E-state index in [4.69, 9.17) is 14.5 Å². The maximum atomic E-state index is 12.8. The highest BCUT2D eigenvalue weighted by Gasteiger charge is 2.30. The zero-order valence-electron chi connectivity index (χ0n) is 17.2. The van der Waals surface area contributed by atoms with Crippen LogP contribution >= 0.6 is 11.3 Å². The number of rotatable bonds is 3. The third-order valence-corrected chi connectivity index (χ3v) is 6.48. The van der Waals surface area contributed by atoms with Crippen LogP contribution in [0.5, 0.6) is 0 Å². The van der Waals surface area contributed by atoms with Crippen LogP contribution in [0.3, 0.4) is 0 Å². The summed E-state index contributed by atoms with van der Waals surface area (Å²) in [5.41, 5.74) is 2.22. The number of likely N-dealkylation sites (tertiary alicyclic amines) is 1. The van der Waals surface area contributed by atoms with Crippen molar-refractivity contribution in [2.24, 2.45) is 0 Å². The SMILES string of the molecule is CCOC(=O)c1sc2nc3c(cc2c1NC(=O)N1CCCCC1)COC(C)(C)C3. The lowest BCUT2D eigenvalue weighted by molar-refractivity contribution is -0.0411. The smallest absolute Gasteiger partial charge is 0.350 e. The summed E-state index contributed by atoms with van der Waals surface area (Å²) in [6.45, 7) is 8.08. The number of hydrogen-bond acceptors (Lipinski definition) is 6. The van der Waals surface area contributed by atoms with Crippen molar-refractivity contribution in [3.05, 3.63) is 22.2 Å². The number of nitrogens with one attached hydrogen (secondary N) is 1. The summed E-state index contributed by atoms with van der Waals surface area (Å²) < 4.78 is 11.2. The third kappa shape index (κ3) is 4.09. The van der Waals surface area contributed by atoms with Gasteiger partial charge in [-0.15, -0.1) is 11.3 Å². The maximum Gasteiger partial charge on any atom is 0.350 e. The van der Waals surface area contributed by atoms with E-state index >= 15 is 0 Å². The van der Waals surface area contributed by atoms with Gasteiger partial charge in [0.25, 0.3) is 0 Å². The number of thiophene rings is 1. The van der Waals surface area contributed by atoms with Crippen LogP contribution in [0.1, 0.15) is 61.0 Å². The van der Waals surface area contributed by atoms with Gasteiger partial charge < -0.3 is 19.7 Å². The number of fused-ring (bicyclic) bond motifs is 2. The molecule has 2 aromatic rings. The number of amides is 2. The average Bonchev–Trinajstić information content (AvgIpc) is 3.04. The molecule has 29 heavy (non-hydrogen) atoms. The van der Waals surface area contributed by atoms with Crippen LogP contribution in [0, 0.1) is 0 Å². The summed E-state index contributed by atoms with van der Waals surface area (Å²) in [5.74, 6) is -0.431. The van der Waals surface area contributed by atoms with E-state index in [1.165, 1.54) is 11.3 Å². The maximum absolute atomic E-state index is 12.8. The number of anilines is 1. The fourth-order valence-electron chi connectivity index (χ4n) is 3.85. The van der Waals surface area contributed by atoms with Crippen molar-refractivity contribution in [3.8, 4) is 0 Å². The molecule has 4 heterocycles. The molecule has 2 aromatic heterocycles. The molecule has 0 radical (unpaired) electrons. The Balaban J connectivity index is 1.74. The van der Waals surface area contributed by atoms with Crippen molar-refractivity contribution in [1.82, 2.24) is 9.88 Å². The number of pyridine rings is 1. The molecule has 1 fully saturated rings. The van der Waals surface area contributed by atoms with Crippen molar-refractivity contribution in [1.29, 1.82) is 0 Å². The summed E-state index contributed by atoms with van der Waals surface area (Å²) in [4.78, 5) is 33.2. The van der Waals surface area contributed by atoms with E-state index < -0.39 is 5.97 Å². The first kappa shape index (κ1) is 20.1. The molecule has 4 rings (SSSR count). The van der Waals surface area contributed by atoms with Gasteiger partial charge in [-0.2, -0.15) is 0 Å². The topological polar surface area (TPSA) is 80.8 Å². The Morgan fingerprint density at radius 3 is 2.79 bits per heavy atom. The second kappa shape index (κ2) is 7.91. The molecule has 156 valence electrons. The molecule has 0 atom stereocenters. The van der Waals surface area contributed by atoms with Gasteiger partial charge in [0.2, 0.25) is 0 Å². The largest absolute Gasteiger partial charge is 0.462 e. The van der Waals surface area contributed by atoms with Gasteiger partial charge in [0.05, 0.1) is 30.2 Å². The monoisotopic (exact) mass is 417 g/mol. The molecule has 1 N–H and O–H groups in total. The molecule has 8 heteroatoms. The van der Waals surface area contributed by atoms with Crippen LogP contribution in [0.2, 0.25) is 0 Å².